The highest BCUT2D eigenvalue weighted by Crippen LogP contribution is 2.35. The molecule has 0 aliphatic heterocycles. The fraction of sp³-hybridized carbons (Fsp3) is 0.120. The monoisotopic (exact) mass is 474 g/mol. The van der Waals surface area contributed by atoms with Crippen LogP contribution in [0.25, 0.3) is 22.4 Å². The molecule has 0 fully saturated rings. The van der Waals surface area contributed by atoms with Crippen LogP contribution < -0.4 is 11.1 Å². The molecule has 0 saturated heterocycles. The Bertz CT molecular complexity index is 1270. The van der Waals surface area contributed by atoms with Crippen molar-refractivity contribution >= 4 is 39.9 Å². The number of primary amides is 1. The summed E-state index contributed by atoms with van der Waals surface area (Å²) in [6.45, 7) is 2.00. The lowest BCUT2D eigenvalue weighted by Crippen LogP contribution is -2.17. The first kappa shape index (κ1) is 22.7. The molecule has 2 amide bonds. The highest BCUT2D eigenvalue weighted by Gasteiger charge is 2.19. The zero-order valence-electron chi connectivity index (χ0n) is 17.9. The quantitative estimate of drug-likeness (QED) is 0.263. The molecular formula is C25H22N4O2S2. The van der Waals surface area contributed by atoms with Crippen molar-refractivity contribution in [3.8, 4) is 22.4 Å². The number of nitrogens with two attached hydrogens (primary N) is 1. The van der Waals surface area contributed by atoms with Crippen LogP contribution in [0, 0.1) is 6.92 Å². The highest BCUT2D eigenvalue weighted by atomic mass is 32.2. The van der Waals surface area contributed by atoms with Gasteiger partial charge in [-0.25, -0.2) is 9.97 Å². The van der Waals surface area contributed by atoms with E-state index in [0.29, 0.717) is 16.3 Å². The third-order valence-electron chi connectivity index (χ3n) is 4.94. The van der Waals surface area contributed by atoms with Gasteiger partial charge >= 0.3 is 0 Å². The molecule has 0 atom stereocenters. The van der Waals surface area contributed by atoms with Crippen LogP contribution in [0.2, 0.25) is 0 Å². The van der Waals surface area contributed by atoms with Gasteiger partial charge in [0.15, 0.2) is 0 Å². The highest BCUT2D eigenvalue weighted by molar-refractivity contribution is 7.99. The van der Waals surface area contributed by atoms with Crippen molar-refractivity contribution in [1.82, 2.24) is 9.97 Å². The molecule has 4 rings (SSSR count). The van der Waals surface area contributed by atoms with Gasteiger partial charge < -0.3 is 11.1 Å². The summed E-state index contributed by atoms with van der Waals surface area (Å²) in [6.07, 6.45) is 1.80. The first-order chi connectivity index (χ1) is 16.0. The molecule has 2 aromatic carbocycles. The van der Waals surface area contributed by atoms with E-state index in [1.807, 2.05) is 73.0 Å². The van der Waals surface area contributed by atoms with Crippen molar-refractivity contribution < 1.29 is 9.59 Å². The van der Waals surface area contributed by atoms with Crippen molar-refractivity contribution in [3.63, 3.8) is 0 Å². The summed E-state index contributed by atoms with van der Waals surface area (Å²) in [7, 11) is 0. The Labute approximate surface area is 200 Å². The summed E-state index contributed by atoms with van der Waals surface area (Å²) in [5, 5.41) is 5.97. The maximum absolute atomic E-state index is 12.6. The van der Waals surface area contributed by atoms with E-state index >= 15 is 0 Å². The number of aromatic nitrogens is 2. The predicted molar refractivity (Wildman–Crippen MR) is 134 cm³/mol. The van der Waals surface area contributed by atoms with E-state index in [2.05, 4.69) is 15.3 Å². The Hall–Kier alpha value is -3.49. The van der Waals surface area contributed by atoms with Crippen LogP contribution >= 0.6 is 23.1 Å². The van der Waals surface area contributed by atoms with Crippen molar-refractivity contribution in [2.24, 2.45) is 5.73 Å². The van der Waals surface area contributed by atoms with Crippen molar-refractivity contribution in [3.05, 3.63) is 83.5 Å². The average molecular weight is 475 g/mol. The number of hydrogen-bond donors (Lipinski definition) is 2. The molecule has 6 nitrogen and oxygen atoms in total. The molecule has 0 aliphatic carbocycles. The predicted octanol–water partition coefficient (Wildman–Crippen LogP) is 5.40. The number of thiophene rings is 1. The number of aryl methyl sites for hydroxylation is 1. The maximum Gasteiger partial charge on any atom is 0.252 e. The minimum atomic E-state index is -0.564. The molecule has 8 heteroatoms. The minimum absolute atomic E-state index is 0.181. The maximum atomic E-state index is 12.6. The number of benzene rings is 2. The minimum Gasteiger partial charge on any atom is -0.365 e. The standard InChI is InChI=1S/C25H22N4O2S2/c1-16-7-9-17(10-8-16)19-14-33-25(23(19)24(26)31)29-21(30)11-12-32-22-13-20(27-15-28-22)18-5-3-2-4-6-18/h2-10,13-15H,11-12H2,1H3,(H2,26,31)(H,29,30). The molecule has 2 heterocycles. The second-order valence-corrected chi connectivity index (χ2v) is 9.33. The van der Waals surface area contributed by atoms with Crippen molar-refractivity contribution in [2.45, 2.75) is 18.4 Å². The molecule has 4 aromatic rings. The van der Waals surface area contributed by atoms with Gasteiger partial charge in [0.2, 0.25) is 5.91 Å². The van der Waals surface area contributed by atoms with E-state index in [-0.39, 0.29) is 12.3 Å². The molecule has 3 N–H and O–H groups in total. The van der Waals surface area contributed by atoms with Gasteiger partial charge in [-0.2, -0.15) is 0 Å². The summed E-state index contributed by atoms with van der Waals surface area (Å²) in [5.74, 6) is -0.204. The largest absolute Gasteiger partial charge is 0.365 e. The van der Waals surface area contributed by atoms with Crippen LogP contribution in [-0.2, 0) is 4.79 Å². The fourth-order valence-electron chi connectivity index (χ4n) is 3.26. The van der Waals surface area contributed by atoms with E-state index in [0.717, 1.165) is 33.0 Å². The molecular weight excluding hydrogens is 452 g/mol. The van der Waals surface area contributed by atoms with Crippen LogP contribution in [0.15, 0.2) is 77.4 Å². The summed E-state index contributed by atoms with van der Waals surface area (Å²) in [5.41, 5.74) is 10.6. The normalized spacial score (nSPS) is 10.7. The molecule has 0 unspecified atom stereocenters. The Balaban J connectivity index is 1.39. The molecule has 166 valence electrons. The third kappa shape index (κ3) is 5.66. The van der Waals surface area contributed by atoms with Crippen LogP contribution in [0.4, 0.5) is 5.00 Å². The second-order valence-electron chi connectivity index (χ2n) is 7.34. The van der Waals surface area contributed by atoms with Gasteiger partial charge in [-0.3, -0.25) is 9.59 Å². The number of rotatable bonds is 8. The molecule has 33 heavy (non-hydrogen) atoms. The zero-order valence-corrected chi connectivity index (χ0v) is 19.6. The topological polar surface area (TPSA) is 98.0 Å². The third-order valence-corrected chi connectivity index (χ3v) is 6.77. The first-order valence-corrected chi connectivity index (χ1v) is 12.2. The molecule has 0 aliphatic rings. The zero-order chi connectivity index (χ0) is 23.2. The average Bonchev–Trinajstić information content (AvgIpc) is 3.24. The van der Waals surface area contributed by atoms with Gasteiger partial charge in [-0.1, -0.05) is 60.2 Å². The van der Waals surface area contributed by atoms with Crippen LogP contribution in [0.5, 0.6) is 0 Å². The Morgan fingerprint density at radius 1 is 1.03 bits per heavy atom. The number of carbonyl (C=O) groups is 2. The number of hydrogen-bond acceptors (Lipinski definition) is 6. The number of nitrogens with zero attached hydrogens (tertiary/aromatic N) is 2. The van der Waals surface area contributed by atoms with E-state index in [1.54, 1.807) is 0 Å². The lowest BCUT2D eigenvalue weighted by Gasteiger charge is -2.07. The molecule has 0 saturated carbocycles. The van der Waals surface area contributed by atoms with Gasteiger partial charge in [-0.15, -0.1) is 23.1 Å². The lowest BCUT2D eigenvalue weighted by molar-refractivity contribution is -0.115. The first-order valence-electron chi connectivity index (χ1n) is 10.3. The van der Waals surface area contributed by atoms with E-state index in [4.69, 9.17) is 5.73 Å². The summed E-state index contributed by atoms with van der Waals surface area (Å²) >= 11 is 2.78. The number of nitrogens with one attached hydrogen (secondary N) is 1. The van der Waals surface area contributed by atoms with Crippen molar-refractivity contribution in [2.75, 3.05) is 11.1 Å². The van der Waals surface area contributed by atoms with Crippen molar-refractivity contribution in [1.29, 1.82) is 0 Å². The Morgan fingerprint density at radius 2 is 1.79 bits per heavy atom. The molecule has 2 aromatic heterocycles. The van der Waals surface area contributed by atoms with Gasteiger partial charge in [0.1, 0.15) is 11.3 Å². The molecule has 0 radical (unpaired) electrons. The van der Waals surface area contributed by atoms with Gasteiger partial charge in [0, 0.05) is 28.7 Å². The Morgan fingerprint density at radius 3 is 2.52 bits per heavy atom. The molecule has 0 bridgehead atoms. The Kier molecular flexibility index (Phi) is 7.16. The molecule has 0 spiro atoms. The second kappa shape index (κ2) is 10.4. The van der Waals surface area contributed by atoms with Gasteiger partial charge in [0.25, 0.3) is 5.91 Å². The fourth-order valence-corrected chi connectivity index (χ4v) is 5.07. The van der Waals surface area contributed by atoms with Gasteiger partial charge in [-0.05, 0) is 18.6 Å². The summed E-state index contributed by atoms with van der Waals surface area (Å²) in [6, 6.07) is 19.6. The van der Waals surface area contributed by atoms with Crippen LogP contribution in [-0.4, -0.2) is 27.5 Å². The number of thioether (sulfide) groups is 1. The van der Waals surface area contributed by atoms with Gasteiger partial charge in [0.05, 0.1) is 16.3 Å². The number of amides is 2. The van der Waals surface area contributed by atoms with Crippen LogP contribution in [0.1, 0.15) is 22.3 Å². The van der Waals surface area contributed by atoms with E-state index < -0.39 is 5.91 Å². The van der Waals surface area contributed by atoms with E-state index in [1.165, 1.54) is 29.4 Å². The number of carbonyl (C=O) groups excluding carboxylic acids is 2. The van der Waals surface area contributed by atoms with Crippen LogP contribution in [0.3, 0.4) is 0 Å². The summed E-state index contributed by atoms with van der Waals surface area (Å²) in [4.78, 5) is 33.3. The van der Waals surface area contributed by atoms with E-state index in [9.17, 15) is 9.59 Å². The SMILES string of the molecule is Cc1ccc(-c2csc(NC(=O)CCSc3cc(-c4ccccc4)ncn3)c2C(N)=O)cc1. The smallest absolute Gasteiger partial charge is 0.252 e. The number of anilines is 1. The summed E-state index contributed by atoms with van der Waals surface area (Å²) < 4.78 is 0. The lowest BCUT2D eigenvalue weighted by atomic mass is 10.0.